The van der Waals surface area contributed by atoms with Crippen LogP contribution in [0.15, 0.2) is 53.1 Å². The molecular weight excluding hydrogens is 453 g/mol. The molecule has 0 radical (unpaired) electrons. The standard InChI is InChI=1S/C27H33F3N4O/c1-20-9-10-26(21(2)17-20)34-15-13-33(14-16-34)12-6-11-32(3)19-22-18-25(31-35-22)23-7-4-5-8-24(23)27(28,29)30/h4-5,7-10,17-18H,6,11-16,19H2,1-3H3. The molecule has 35 heavy (non-hydrogen) atoms. The smallest absolute Gasteiger partial charge is 0.369 e. The summed E-state index contributed by atoms with van der Waals surface area (Å²) in [6, 6.07) is 13.7. The van der Waals surface area contributed by atoms with Gasteiger partial charge >= 0.3 is 6.18 Å². The zero-order valence-corrected chi connectivity index (χ0v) is 20.6. The monoisotopic (exact) mass is 486 g/mol. The first kappa shape index (κ1) is 25.3. The van der Waals surface area contributed by atoms with Gasteiger partial charge in [0.25, 0.3) is 0 Å². The van der Waals surface area contributed by atoms with E-state index >= 15 is 0 Å². The summed E-state index contributed by atoms with van der Waals surface area (Å²) in [5, 5.41) is 3.90. The Labute approximate surface area is 205 Å². The average Bonchev–Trinajstić information content (AvgIpc) is 3.27. The minimum Gasteiger partial charge on any atom is -0.369 e. The minimum absolute atomic E-state index is 0.0395. The third-order valence-corrected chi connectivity index (χ3v) is 6.57. The molecule has 2 aromatic carbocycles. The molecule has 1 aliphatic heterocycles. The van der Waals surface area contributed by atoms with Gasteiger partial charge in [0.1, 0.15) is 5.69 Å². The van der Waals surface area contributed by atoms with Crippen molar-refractivity contribution in [3.8, 4) is 11.3 Å². The van der Waals surface area contributed by atoms with Crippen LogP contribution in [0.25, 0.3) is 11.3 Å². The zero-order valence-electron chi connectivity index (χ0n) is 20.6. The Morgan fingerprint density at radius 3 is 2.46 bits per heavy atom. The fourth-order valence-corrected chi connectivity index (χ4v) is 4.75. The summed E-state index contributed by atoms with van der Waals surface area (Å²) >= 11 is 0. The van der Waals surface area contributed by atoms with Crippen LogP contribution in [0.1, 0.15) is 28.9 Å². The van der Waals surface area contributed by atoms with Gasteiger partial charge in [-0.25, -0.2) is 0 Å². The number of alkyl halides is 3. The number of nitrogens with zero attached hydrogens (tertiary/aromatic N) is 4. The van der Waals surface area contributed by atoms with Gasteiger partial charge in [-0.15, -0.1) is 0 Å². The Kier molecular flexibility index (Phi) is 7.82. The molecule has 8 heteroatoms. The Morgan fingerprint density at radius 2 is 1.74 bits per heavy atom. The number of anilines is 1. The van der Waals surface area contributed by atoms with Gasteiger partial charge < -0.3 is 9.42 Å². The van der Waals surface area contributed by atoms with Crippen LogP contribution in [0.2, 0.25) is 0 Å². The summed E-state index contributed by atoms with van der Waals surface area (Å²) in [5.41, 5.74) is 3.50. The maximum Gasteiger partial charge on any atom is 0.417 e. The number of hydrogen-bond acceptors (Lipinski definition) is 5. The van der Waals surface area contributed by atoms with Gasteiger partial charge in [0, 0.05) is 43.5 Å². The topological polar surface area (TPSA) is 35.8 Å². The molecule has 0 spiro atoms. The highest BCUT2D eigenvalue weighted by Gasteiger charge is 2.34. The molecule has 0 aliphatic carbocycles. The maximum absolute atomic E-state index is 13.3. The molecule has 1 saturated heterocycles. The van der Waals surface area contributed by atoms with Crippen LogP contribution >= 0.6 is 0 Å². The molecular formula is C27H33F3N4O. The largest absolute Gasteiger partial charge is 0.417 e. The van der Waals surface area contributed by atoms with Crippen molar-refractivity contribution >= 4 is 5.69 Å². The molecule has 0 bridgehead atoms. The van der Waals surface area contributed by atoms with Crippen molar-refractivity contribution in [3.05, 3.63) is 71.0 Å². The SMILES string of the molecule is Cc1ccc(N2CCN(CCCN(C)Cc3cc(-c4ccccc4C(F)(F)F)no3)CC2)c(C)c1. The lowest BCUT2D eigenvalue weighted by atomic mass is 10.0. The van der Waals surface area contributed by atoms with E-state index in [4.69, 9.17) is 4.52 Å². The Balaban J connectivity index is 1.23. The summed E-state index contributed by atoms with van der Waals surface area (Å²) in [4.78, 5) is 7.08. The lowest BCUT2D eigenvalue weighted by Gasteiger charge is -2.37. The third-order valence-electron chi connectivity index (χ3n) is 6.57. The third kappa shape index (κ3) is 6.44. The Bertz CT molecular complexity index is 1120. The predicted molar refractivity (Wildman–Crippen MR) is 132 cm³/mol. The number of hydrogen-bond donors (Lipinski definition) is 0. The molecule has 188 valence electrons. The molecule has 0 N–H and O–H groups in total. The van der Waals surface area contributed by atoms with Crippen LogP contribution in [0, 0.1) is 13.8 Å². The first-order valence-corrected chi connectivity index (χ1v) is 12.1. The number of aromatic nitrogens is 1. The van der Waals surface area contributed by atoms with E-state index in [1.165, 1.54) is 28.9 Å². The van der Waals surface area contributed by atoms with E-state index < -0.39 is 11.7 Å². The molecule has 0 atom stereocenters. The van der Waals surface area contributed by atoms with Crippen molar-refractivity contribution in [2.24, 2.45) is 0 Å². The molecule has 3 aromatic rings. The van der Waals surface area contributed by atoms with Gasteiger partial charge in [0.05, 0.1) is 12.1 Å². The average molecular weight is 487 g/mol. The van der Waals surface area contributed by atoms with Crippen LogP contribution in [0.5, 0.6) is 0 Å². The lowest BCUT2D eigenvalue weighted by molar-refractivity contribution is -0.137. The first-order valence-electron chi connectivity index (χ1n) is 12.1. The van der Waals surface area contributed by atoms with Crippen molar-refractivity contribution in [2.75, 3.05) is 51.2 Å². The number of aryl methyl sites for hydroxylation is 2. The van der Waals surface area contributed by atoms with E-state index in [0.29, 0.717) is 12.3 Å². The molecule has 1 aliphatic rings. The molecule has 0 unspecified atom stereocenters. The van der Waals surface area contributed by atoms with E-state index in [-0.39, 0.29) is 11.3 Å². The van der Waals surface area contributed by atoms with E-state index in [1.807, 2.05) is 7.05 Å². The highest BCUT2D eigenvalue weighted by Crippen LogP contribution is 2.36. The van der Waals surface area contributed by atoms with Crippen molar-refractivity contribution in [1.29, 1.82) is 0 Å². The summed E-state index contributed by atoms with van der Waals surface area (Å²) in [6.45, 7) is 10.8. The summed E-state index contributed by atoms with van der Waals surface area (Å²) in [5.74, 6) is 0.557. The highest BCUT2D eigenvalue weighted by molar-refractivity contribution is 5.64. The fraction of sp³-hybridized carbons (Fsp3) is 0.444. The van der Waals surface area contributed by atoms with Gasteiger partial charge in [-0.1, -0.05) is 41.1 Å². The second kappa shape index (κ2) is 10.8. The van der Waals surface area contributed by atoms with Crippen LogP contribution in [0.4, 0.5) is 18.9 Å². The van der Waals surface area contributed by atoms with Crippen LogP contribution in [0.3, 0.4) is 0 Å². The molecule has 2 heterocycles. The minimum atomic E-state index is -4.43. The lowest BCUT2D eigenvalue weighted by Crippen LogP contribution is -2.47. The van der Waals surface area contributed by atoms with Gasteiger partial charge in [-0.2, -0.15) is 13.2 Å². The number of rotatable bonds is 8. The van der Waals surface area contributed by atoms with Gasteiger partial charge in [0.2, 0.25) is 0 Å². The van der Waals surface area contributed by atoms with Crippen molar-refractivity contribution in [3.63, 3.8) is 0 Å². The molecule has 0 saturated carbocycles. The number of piperazine rings is 1. The van der Waals surface area contributed by atoms with E-state index in [1.54, 1.807) is 12.1 Å². The van der Waals surface area contributed by atoms with Gasteiger partial charge in [-0.05, 0) is 58.1 Å². The number of benzene rings is 2. The van der Waals surface area contributed by atoms with Crippen LogP contribution in [-0.2, 0) is 12.7 Å². The van der Waals surface area contributed by atoms with Crippen LogP contribution in [-0.4, -0.2) is 61.3 Å². The molecule has 1 fully saturated rings. The normalized spacial score (nSPS) is 15.2. The predicted octanol–water partition coefficient (Wildman–Crippen LogP) is 5.62. The van der Waals surface area contributed by atoms with Crippen LogP contribution < -0.4 is 4.90 Å². The first-order chi connectivity index (χ1) is 16.7. The van der Waals surface area contributed by atoms with Crippen molar-refractivity contribution in [2.45, 2.75) is 33.0 Å². The fourth-order valence-electron chi connectivity index (χ4n) is 4.75. The molecule has 0 amide bonds. The number of halogens is 3. The summed E-state index contributed by atoms with van der Waals surface area (Å²) in [6.07, 6.45) is -3.42. The Hall–Kier alpha value is -2.84. The second-order valence-electron chi connectivity index (χ2n) is 9.43. The van der Waals surface area contributed by atoms with Gasteiger partial charge in [0.15, 0.2) is 5.76 Å². The summed E-state index contributed by atoms with van der Waals surface area (Å²) in [7, 11) is 1.99. The zero-order chi connectivity index (χ0) is 25.0. The van der Waals surface area contributed by atoms with Gasteiger partial charge in [-0.3, -0.25) is 9.80 Å². The molecule has 1 aromatic heterocycles. The quantitative estimate of drug-likeness (QED) is 0.413. The molecule has 5 nitrogen and oxygen atoms in total. The van der Waals surface area contributed by atoms with E-state index in [9.17, 15) is 13.2 Å². The van der Waals surface area contributed by atoms with Crippen molar-refractivity contribution < 1.29 is 17.7 Å². The molecule has 4 rings (SSSR count). The Morgan fingerprint density at radius 1 is 1.00 bits per heavy atom. The van der Waals surface area contributed by atoms with E-state index in [2.05, 4.69) is 51.9 Å². The second-order valence-corrected chi connectivity index (χ2v) is 9.43. The van der Waals surface area contributed by atoms with E-state index in [0.717, 1.165) is 51.8 Å². The highest BCUT2D eigenvalue weighted by atomic mass is 19.4. The van der Waals surface area contributed by atoms with Crippen molar-refractivity contribution in [1.82, 2.24) is 15.0 Å². The summed E-state index contributed by atoms with van der Waals surface area (Å²) < 4.78 is 45.3. The maximum atomic E-state index is 13.3.